The molecule has 4 heteroatoms. The first-order valence-corrected chi connectivity index (χ1v) is 12.7. The van der Waals surface area contributed by atoms with Crippen LogP contribution in [0.3, 0.4) is 0 Å². The van der Waals surface area contributed by atoms with E-state index < -0.39 is 31.7 Å². The summed E-state index contributed by atoms with van der Waals surface area (Å²) in [5.74, 6) is 0. The van der Waals surface area contributed by atoms with Gasteiger partial charge >= 0.3 is 38.4 Å². The second-order valence-electron chi connectivity index (χ2n) is 0.236. The van der Waals surface area contributed by atoms with Gasteiger partial charge in [-0.25, -0.2) is 0 Å². The zero-order valence-electron chi connectivity index (χ0n) is 1.93. The molecular weight excluding hydrogens is 225 g/mol. The third-order valence-electron chi connectivity index (χ3n) is 0.0481. The van der Waals surface area contributed by atoms with Crippen molar-refractivity contribution in [2.75, 3.05) is 0 Å². The Hall–Kier alpha value is 1.01. The van der Waals surface area contributed by atoms with Gasteiger partial charge in [0.25, 0.3) is 0 Å². The first-order valence-electron chi connectivity index (χ1n) is 0.744. The number of rotatable bonds is 1. The monoisotopic (exact) mass is 226 g/mol. The van der Waals surface area contributed by atoms with E-state index in [2.05, 4.69) is 0 Å². The summed E-state index contributed by atoms with van der Waals surface area (Å²) in [6.07, 6.45) is 0. The molecule has 0 aliphatic carbocycles. The van der Waals surface area contributed by atoms with Crippen LogP contribution in [-0.4, -0.2) is 18.1 Å². The normalized spacial score (nSPS) is 4.00. The molecule has 0 bridgehead atoms. The summed E-state index contributed by atoms with van der Waals surface area (Å²) in [6, 6.07) is 0. The van der Waals surface area contributed by atoms with Crippen molar-refractivity contribution in [1.29, 1.82) is 0 Å². The summed E-state index contributed by atoms with van der Waals surface area (Å²) < 4.78 is 18.4. The van der Waals surface area contributed by atoms with Crippen molar-refractivity contribution in [1.82, 2.24) is 0 Å². The molecule has 0 atom stereocenters. The Labute approximate surface area is 38.4 Å². The molecule has 0 saturated heterocycles. The van der Waals surface area contributed by atoms with Crippen LogP contribution in [0.1, 0.15) is 0 Å². The van der Waals surface area contributed by atoms with Crippen LogP contribution in [0, 0.1) is 0 Å². The van der Waals surface area contributed by atoms with Gasteiger partial charge in [0.2, 0.25) is 0 Å². The van der Waals surface area contributed by atoms with Gasteiger partial charge in [-0.15, -0.1) is 0 Å². The Balaban J connectivity index is 2.73. The molecule has 0 unspecified atom stereocenters. The van der Waals surface area contributed by atoms with Crippen LogP contribution in [0.5, 0.6) is 0 Å². The average Bonchev–Trinajstić information content (AvgIpc) is 1.37. The van der Waals surface area contributed by atoms with Gasteiger partial charge in [-0.3, -0.25) is 0 Å². The quantitative estimate of drug-likeness (QED) is 0.557. The molecule has 0 rings (SSSR count). The Bertz CT molecular complexity index is 27.0. The van der Waals surface area contributed by atoms with Crippen LogP contribution in [-0.2, 0) is 20.3 Å². The molecule has 0 saturated carbocycles. The average molecular weight is 225 g/mol. The third kappa shape index (κ3) is 3.01. The molecule has 0 heterocycles. The van der Waals surface area contributed by atoms with Crippen molar-refractivity contribution < 1.29 is 20.3 Å². The summed E-state index contributed by atoms with van der Waals surface area (Å²) in [4.78, 5) is 0. The van der Waals surface area contributed by atoms with E-state index in [-0.39, 0.29) is 0 Å². The molecule has 0 aromatic carbocycles. The molecule has 0 spiro atoms. The van der Waals surface area contributed by atoms with Crippen LogP contribution < -0.4 is 0 Å². The Kier molecular flexibility index (Phi) is 5.03. The molecule has 0 aliphatic heterocycles. The molecule has 0 aromatic rings. The first-order chi connectivity index (χ1) is 1.91. The fourth-order valence-corrected chi connectivity index (χ4v) is 0. The fraction of sp³-hybridized carbons (Fsp3) is 0. The van der Waals surface area contributed by atoms with E-state index in [9.17, 15) is 6.68 Å². The van der Waals surface area contributed by atoms with Crippen molar-refractivity contribution in [3.63, 3.8) is 0 Å². The predicted octanol–water partition coefficient (Wildman–Crippen LogP) is -0.621. The van der Waals surface area contributed by atoms with Gasteiger partial charge in [0.05, 0.1) is 0 Å². The molecule has 19 valence electrons. The van der Waals surface area contributed by atoms with Gasteiger partial charge in [0.1, 0.15) is 0 Å². The minimum atomic E-state index is -1.56. The Morgan fingerprint density at radius 2 is 2.00 bits per heavy atom. The Morgan fingerprint density at radius 1 is 1.75 bits per heavy atom. The van der Waals surface area contributed by atoms with Crippen molar-refractivity contribution in [3.05, 3.63) is 0 Å². The Morgan fingerprint density at radius 3 is 2.00 bits per heavy atom. The fourth-order valence-electron chi connectivity index (χ4n) is 0. The molecule has 0 aliphatic rings. The standard InChI is InChI=1S/OTe.O.Zn/c1-2;;/q;;+1. The van der Waals surface area contributed by atoms with E-state index >= 15 is 0 Å². The molecule has 0 radical (unpaired) electrons. The van der Waals surface area contributed by atoms with Gasteiger partial charge in [0, 0.05) is 0 Å². The zero-order valence-corrected chi connectivity index (χ0v) is 7.23. The molecule has 0 aromatic heterocycles. The molecule has 2 nitrogen and oxygen atoms in total. The summed E-state index contributed by atoms with van der Waals surface area (Å²) in [5.41, 5.74) is 0. The van der Waals surface area contributed by atoms with Crippen LogP contribution in [0.25, 0.3) is 0 Å². The van der Waals surface area contributed by atoms with Gasteiger partial charge in [0.15, 0.2) is 0 Å². The van der Waals surface area contributed by atoms with Gasteiger partial charge in [-0.2, -0.15) is 0 Å². The maximum absolute atomic E-state index is 9.23. The van der Waals surface area contributed by atoms with E-state index in [1.165, 1.54) is 0 Å². The van der Waals surface area contributed by atoms with E-state index in [4.69, 9.17) is 0 Å². The van der Waals surface area contributed by atoms with E-state index in [0.717, 1.165) is 0 Å². The van der Waals surface area contributed by atoms with E-state index in [1.807, 2.05) is 0 Å². The summed E-state index contributed by atoms with van der Waals surface area (Å²) in [6.45, 7) is 0. The first kappa shape index (κ1) is 5.01. The van der Waals surface area contributed by atoms with Crippen LogP contribution >= 0.6 is 0 Å². The van der Waals surface area contributed by atoms with Crippen LogP contribution in [0.4, 0.5) is 0 Å². The number of hydrogen-bond donors (Lipinski definition) is 0. The van der Waals surface area contributed by atoms with Gasteiger partial charge in [-0.05, 0) is 0 Å². The third-order valence-corrected chi connectivity index (χ3v) is 1.68. The predicted molar refractivity (Wildman–Crippen MR) is 7.13 cm³/mol. The molecule has 0 fully saturated rings. The molecular formula is O2TeZn+. The minimum absolute atomic E-state index is 1.14. The van der Waals surface area contributed by atoms with Crippen molar-refractivity contribution in [2.45, 2.75) is 0 Å². The van der Waals surface area contributed by atoms with E-state index in [1.54, 1.807) is 0 Å². The van der Waals surface area contributed by atoms with Crippen molar-refractivity contribution >= 4 is 18.1 Å². The van der Waals surface area contributed by atoms with Gasteiger partial charge in [-0.1, -0.05) is 0 Å². The van der Waals surface area contributed by atoms with Crippen molar-refractivity contribution in [2.24, 2.45) is 0 Å². The topological polar surface area (TPSA) is 34.1 Å². The second-order valence-corrected chi connectivity index (χ2v) is 8.22. The number of hydrogen-bond acceptors (Lipinski definition) is 2. The van der Waals surface area contributed by atoms with Gasteiger partial charge < -0.3 is 0 Å². The van der Waals surface area contributed by atoms with Crippen molar-refractivity contribution in [3.8, 4) is 0 Å². The second kappa shape index (κ2) is 4.01. The molecule has 4 heavy (non-hydrogen) atoms. The molecule has 0 N–H and O–H groups in total. The summed E-state index contributed by atoms with van der Waals surface area (Å²) >= 11 is -2.70. The van der Waals surface area contributed by atoms with E-state index in [0.29, 0.717) is 0 Å². The van der Waals surface area contributed by atoms with Crippen LogP contribution in [0.2, 0.25) is 0 Å². The summed E-state index contributed by atoms with van der Waals surface area (Å²) in [7, 11) is 0. The maximum atomic E-state index is 9.23. The zero-order chi connectivity index (χ0) is 3.41. The SMILES string of the molecule is [O]=[Zn][Te+]=O. The molecule has 0 amide bonds. The van der Waals surface area contributed by atoms with Crippen LogP contribution in [0.15, 0.2) is 0 Å². The summed E-state index contributed by atoms with van der Waals surface area (Å²) in [5, 5.41) is 0.